The van der Waals surface area contributed by atoms with Gasteiger partial charge in [-0.2, -0.15) is 0 Å². The summed E-state index contributed by atoms with van der Waals surface area (Å²) in [5.41, 5.74) is 3.35. The fourth-order valence-corrected chi connectivity index (χ4v) is 3.70. The molecule has 2 nitrogen and oxygen atoms in total. The van der Waals surface area contributed by atoms with E-state index in [1.54, 1.807) is 0 Å². The van der Waals surface area contributed by atoms with Crippen LogP contribution in [0.4, 0.5) is 0 Å². The van der Waals surface area contributed by atoms with Crippen LogP contribution in [0.5, 0.6) is 0 Å². The molecule has 0 unspecified atom stereocenters. The van der Waals surface area contributed by atoms with Crippen molar-refractivity contribution in [2.45, 2.75) is 51.1 Å². The third-order valence-corrected chi connectivity index (χ3v) is 4.85. The number of aryl methyl sites for hydroxylation is 1. The number of benzene rings is 1. The van der Waals surface area contributed by atoms with Gasteiger partial charge < -0.3 is 5.32 Å². The average Bonchev–Trinajstić information content (AvgIpc) is 2.88. The predicted octanol–water partition coefficient (Wildman–Crippen LogP) is 2.97. The Morgan fingerprint density at radius 3 is 2.47 bits per heavy atom. The number of nitrogens with one attached hydrogen (secondary N) is 1. The maximum atomic E-state index is 3.79. The maximum Gasteiger partial charge on any atom is 0.0309 e. The Hall–Kier alpha value is -0.860. The van der Waals surface area contributed by atoms with Gasteiger partial charge in [0.2, 0.25) is 0 Å². The van der Waals surface area contributed by atoms with Gasteiger partial charge in [0.25, 0.3) is 0 Å². The number of nitrogens with zero attached hydrogens (tertiary/aromatic N) is 1. The van der Waals surface area contributed by atoms with Crippen molar-refractivity contribution in [3.8, 4) is 0 Å². The van der Waals surface area contributed by atoms with Crippen molar-refractivity contribution in [3.63, 3.8) is 0 Å². The summed E-state index contributed by atoms with van der Waals surface area (Å²) in [6.45, 7) is 6.93. The first-order valence-electron chi connectivity index (χ1n) is 7.85. The summed E-state index contributed by atoms with van der Waals surface area (Å²) in [6.07, 6.45) is 6.70. The molecule has 0 amide bonds. The zero-order valence-electron chi connectivity index (χ0n) is 12.1. The van der Waals surface area contributed by atoms with Gasteiger partial charge in [0.05, 0.1) is 0 Å². The van der Waals surface area contributed by atoms with Crippen molar-refractivity contribution in [1.29, 1.82) is 0 Å². The molecule has 2 heteroatoms. The fraction of sp³-hybridized carbons (Fsp3) is 0.647. The second-order valence-electron chi connectivity index (χ2n) is 6.29. The molecule has 1 saturated heterocycles. The Balaban J connectivity index is 1.62. The summed E-state index contributed by atoms with van der Waals surface area (Å²) in [6, 6.07) is 9.18. The molecule has 0 radical (unpaired) electrons. The molecule has 19 heavy (non-hydrogen) atoms. The number of hydrogen-bond acceptors (Lipinski definition) is 2. The first kappa shape index (κ1) is 13.1. The molecule has 1 heterocycles. The van der Waals surface area contributed by atoms with Crippen LogP contribution in [0.3, 0.4) is 0 Å². The van der Waals surface area contributed by atoms with Gasteiger partial charge in [-0.05, 0) is 30.4 Å². The highest BCUT2D eigenvalue weighted by Crippen LogP contribution is 2.32. The van der Waals surface area contributed by atoms with Gasteiger partial charge in [-0.1, -0.05) is 44.0 Å². The second kappa shape index (κ2) is 5.64. The van der Waals surface area contributed by atoms with Crippen LogP contribution in [-0.2, 0) is 13.0 Å². The van der Waals surface area contributed by atoms with Crippen LogP contribution in [0, 0.1) is 0 Å². The quantitative estimate of drug-likeness (QED) is 0.896. The van der Waals surface area contributed by atoms with E-state index in [9.17, 15) is 0 Å². The minimum Gasteiger partial charge on any atom is -0.309 e. The number of hydrogen-bond donors (Lipinski definition) is 1. The molecule has 0 aromatic heterocycles. The van der Waals surface area contributed by atoms with Gasteiger partial charge in [0, 0.05) is 31.7 Å². The van der Waals surface area contributed by atoms with Crippen molar-refractivity contribution >= 4 is 0 Å². The van der Waals surface area contributed by atoms with E-state index in [1.807, 2.05) is 0 Å². The minimum absolute atomic E-state index is 0.446. The van der Waals surface area contributed by atoms with Crippen molar-refractivity contribution in [1.82, 2.24) is 10.2 Å². The van der Waals surface area contributed by atoms with E-state index in [0.29, 0.717) is 5.54 Å². The van der Waals surface area contributed by atoms with Crippen LogP contribution < -0.4 is 5.32 Å². The molecule has 1 aliphatic carbocycles. The Bertz CT molecular complexity index is 404. The van der Waals surface area contributed by atoms with Crippen molar-refractivity contribution < 1.29 is 0 Å². The van der Waals surface area contributed by atoms with Gasteiger partial charge in [0.1, 0.15) is 0 Å². The van der Waals surface area contributed by atoms with Crippen LogP contribution >= 0.6 is 0 Å². The van der Waals surface area contributed by atoms with Crippen molar-refractivity contribution in [2.75, 3.05) is 19.6 Å². The van der Waals surface area contributed by atoms with Crippen LogP contribution in [0.15, 0.2) is 24.3 Å². The lowest BCUT2D eigenvalue weighted by Crippen LogP contribution is -2.58. The summed E-state index contributed by atoms with van der Waals surface area (Å²) in [4.78, 5) is 2.64. The van der Waals surface area contributed by atoms with Crippen molar-refractivity contribution in [2.24, 2.45) is 0 Å². The molecule has 1 aliphatic heterocycles. The van der Waals surface area contributed by atoms with E-state index >= 15 is 0 Å². The third-order valence-electron chi connectivity index (χ3n) is 4.85. The van der Waals surface area contributed by atoms with E-state index < -0.39 is 0 Å². The molecule has 0 atom stereocenters. The number of piperazine rings is 1. The normalized spacial score (nSPS) is 23.0. The smallest absolute Gasteiger partial charge is 0.0309 e. The molecule has 0 bridgehead atoms. The Morgan fingerprint density at radius 2 is 1.79 bits per heavy atom. The first-order chi connectivity index (χ1) is 9.30. The van der Waals surface area contributed by atoms with Gasteiger partial charge in [-0.3, -0.25) is 4.90 Å². The topological polar surface area (TPSA) is 15.3 Å². The highest BCUT2D eigenvalue weighted by molar-refractivity contribution is 5.22. The summed E-state index contributed by atoms with van der Waals surface area (Å²) < 4.78 is 0. The largest absolute Gasteiger partial charge is 0.309 e. The van der Waals surface area contributed by atoms with Gasteiger partial charge in [-0.15, -0.1) is 0 Å². The predicted molar refractivity (Wildman–Crippen MR) is 80.3 cm³/mol. The van der Waals surface area contributed by atoms with E-state index in [1.165, 1.54) is 49.9 Å². The minimum atomic E-state index is 0.446. The van der Waals surface area contributed by atoms with Crippen LogP contribution in [0.25, 0.3) is 0 Å². The lowest BCUT2D eigenvalue weighted by atomic mass is 9.94. The molecule has 1 spiro atoms. The number of rotatable bonds is 3. The van der Waals surface area contributed by atoms with E-state index in [4.69, 9.17) is 0 Å². The van der Waals surface area contributed by atoms with E-state index in [0.717, 1.165) is 19.5 Å². The zero-order valence-corrected chi connectivity index (χ0v) is 12.1. The molecule has 1 saturated carbocycles. The summed E-state index contributed by atoms with van der Waals surface area (Å²) in [7, 11) is 0. The van der Waals surface area contributed by atoms with Crippen LogP contribution in [-0.4, -0.2) is 30.1 Å². The lowest BCUT2D eigenvalue weighted by molar-refractivity contribution is 0.129. The molecule has 1 N–H and O–H groups in total. The Kier molecular flexibility index (Phi) is 3.90. The maximum absolute atomic E-state index is 3.79. The highest BCUT2D eigenvalue weighted by Gasteiger charge is 2.37. The molecule has 104 valence electrons. The Morgan fingerprint density at radius 1 is 1.11 bits per heavy atom. The van der Waals surface area contributed by atoms with Crippen molar-refractivity contribution in [3.05, 3.63) is 35.4 Å². The van der Waals surface area contributed by atoms with Gasteiger partial charge in [0.15, 0.2) is 0 Å². The molecular formula is C17H26N2. The average molecular weight is 258 g/mol. The molecule has 1 aromatic rings. The van der Waals surface area contributed by atoms with Gasteiger partial charge in [-0.25, -0.2) is 0 Å². The first-order valence-corrected chi connectivity index (χ1v) is 7.85. The molecule has 2 fully saturated rings. The fourth-order valence-electron chi connectivity index (χ4n) is 3.70. The summed E-state index contributed by atoms with van der Waals surface area (Å²) in [5.74, 6) is 0. The molecule has 1 aromatic carbocycles. The van der Waals surface area contributed by atoms with E-state index in [2.05, 4.69) is 41.4 Å². The highest BCUT2D eigenvalue weighted by atomic mass is 15.2. The standard InChI is InChI=1S/C17H26N2/c1-2-15-5-7-16(8-6-15)13-19-12-11-18-17(14-19)9-3-4-10-17/h5-8,18H,2-4,9-14H2,1H3. The van der Waals surface area contributed by atoms with Crippen LogP contribution in [0.1, 0.15) is 43.7 Å². The molecule has 3 rings (SSSR count). The van der Waals surface area contributed by atoms with E-state index in [-0.39, 0.29) is 0 Å². The monoisotopic (exact) mass is 258 g/mol. The lowest BCUT2D eigenvalue weighted by Gasteiger charge is -2.41. The van der Waals surface area contributed by atoms with Gasteiger partial charge >= 0.3 is 0 Å². The molecule has 2 aliphatic rings. The SMILES string of the molecule is CCc1ccc(CN2CCNC3(CCCC3)C2)cc1. The summed E-state index contributed by atoms with van der Waals surface area (Å²) in [5, 5.41) is 3.79. The summed E-state index contributed by atoms with van der Waals surface area (Å²) >= 11 is 0. The van der Waals surface area contributed by atoms with Crippen LogP contribution in [0.2, 0.25) is 0 Å². The zero-order chi connectivity index (χ0) is 13.1. The third kappa shape index (κ3) is 3.01. The Labute approximate surface area is 117 Å². The molecular weight excluding hydrogens is 232 g/mol. The second-order valence-corrected chi connectivity index (χ2v) is 6.29.